The SMILES string of the molecule is CCC1CN(CC2(O)CCCCC2)CCC1O. The predicted molar refractivity (Wildman–Crippen MR) is 68.9 cm³/mol. The molecule has 3 nitrogen and oxygen atoms in total. The topological polar surface area (TPSA) is 43.7 Å². The van der Waals surface area contributed by atoms with E-state index < -0.39 is 5.60 Å². The highest BCUT2D eigenvalue weighted by Crippen LogP contribution is 2.30. The molecule has 0 aromatic heterocycles. The molecule has 2 atom stereocenters. The molecule has 0 amide bonds. The summed E-state index contributed by atoms with van der Waals surface area (Å²) in [7, 11) is 0. The highest BCUT2D eigenvalue weighted by Gasteiger charge is 2.34. The Kier molecular flexibility index (Phi) is 4.45. The van der Waals surface area contributed by atoms with Gasteiger partial charge in [0.25, 0.3) is 0 Å². The Hall–Kier alpha value is -0.120. The minimum Gasteiger partial charge on any atom is -0.393 e. The van der Waals surface area contributed by atoms with Crippen LogP contribution in [-0.4, -0.2) is 46.5 Å². The van der Waals surface area contributed by atoms with Gasteiger partial charge in [-0.3, -0.25) is 0 Å². The molecule has 3 heteroatoms. The molecule has 2 fully saturated rings. The molecule has 100 valence electrons. The summed E-state index contributed by atoms with van der Waals surface area (Å²) in [5.74, 6) is 0.399. The first-order valence-corrected chi connectivity index (χ1v) is 7.26. The van der Waals surface area contributed by atoms with Crippen LogP contribution in [0.5, 0.6) is 0 Å². The normalized spacial score (nSPS) is 34.8. The van der Waals surface area contributed by atoms with Crippen LogP contribution in [0, 0.1) is 5.92 Å². The van der Waals surface area contributed by atoms with Crippen molar-refractivity contribution in [2.24, 2.45) is 5.92 Å². The van der Waals surface area contributed by atoms with Crippen molar-refractivity contribution in [3.63, 3.8) is 0 Å². The largest absolute Gasteiger partial charge is 0.393 e. The molecule has 2 N–H and O–H groups in total. The summed E-state index contributed by atoms with van der Waals surface area (Å²) in [6.45, 7) is 4.86. The Morgan fingerprint density at radius 1 is 1.24 bits per heavy atom. The molecule has 0 bridgehead atoms. The summed E-state index contributed by atoms with van der Waals surface area (Å²) < 4.78 is 0. The van der Waals surface area contributed by atoms with Crippen molar-refractivity contribution in [3.8, 4) is 0 Å². The number of likely N-dealkylation sites (tertiary alicyclic amines) is 1. The molecule has 1 aliphatic heterocycles. The van der Waals surface area contributed by atoms with Crippen molar-refractivity contribution in [1.29, 1.82) is 0 Å². The van der Waals surface area contributed by atoms with E-state index in [2.05, 4.69) is 11.8 Å². The van der Waals surface area contributed by atoms with Gasteiger partial charge < -0.3 is 15.1 Å². The molecule has 2 unspecified atom stereocenters. The van der Waals surface area contributed by atoms with Gasteiger partial charge in [-0.2, -0.15) is 0 Å². The third-order valence-electron chi connectivity index (χ3n) is 4.60. The molecule has 2 rings (SSSR count). The van der Waals surface area contributed by atoms with Gasteiger partial charge in [-0.25, -0.2) is 0 Å². The van der Waals surface area contributed by atoms with Crippen molar-refractivity contribution in [3.05, 3.63) is 0 Å². The molecule has 0 aromatic carbocycles. The Labute approximate surface area is 105 Å². The fourth-order valence-electron chi connectivity index (χ4n) is 3.42. The van der Waals surface area contributed by atoms with Crippen molar-refractivity contribution in [2.45, 2.75) is 63.6 Å². The Morgan fingerprint density at radius 2 is 1.94 bits per heavy atom. The maximum atomic E-state index is 10.5. The lowest BCUT2D eigenvalue weighted by Crippen LogP contribution is -2.50. The van der Waals surface area contributed by atoms with Crippen LogP contribution in [0.4, 0.5) is 0 Å². The van der Waals surface area contributed by atoms with Gasteiger partial charge in [-0.1, -0.05) is 26.2 Å². The molecule has 0 radical (unpaired) electrons. The Morgan fingerprint density at radius 3 is 2.59 bits per heavy atom. The van der Waals surface area contributed by atoms with Crippen LogP contribution in [0.3, 0.4) is 0 Å². The van der Waals surface area contributed by atoms with Gasteiger partial charge in [0.05, 0.1) is 11.7 Å². The van der Waals surface area contributed by atoms with Gasteiger partial charge in [-0.15, -0.1) is 0 Å². The van der Waals surface area contributed by atoms with E-state index in [0.717, 1.165) is 45.3 Å². The minimum atomic E-state index is -0.446. The third-order valence-corrected chi connectivity index (χ3v) is 4.60. The zero-order chi connectivity index (χ0) is 12.3. The van der Waals surface area contributed by atoms with Gasteiger partial charge in [0.15, 0.2) is 0 Å². The number of piperidine rings is 1. The van der Waals surface area contributed by atoms with Crippen molar-refractivity contribution in [2.75, 3.05) is 19.6 Å². The molecule has 1 heterocycles. The van der Waals surface area contributed by atoms with Gasteiger partial charge in [-0.05, 0) is 31.6 Å². The molecule has 0 aromatic rings. The second-order valence-corrected chi connectivity index (χ2v) is 6.04. The predicted octanol–water partition coefficient (Wildman–Crippen LogP) is 1.77. The number of nitrogens with zero attached hydrogens (tertiary/aromatic N) is 1. The number of hydrogen-bond donors (Lipinski definition) is 2. The summed E-state index contributed by atoms with van der Waals surface area (Å²) in [5, 5.41) is 20.4. The van der Waals surface area contributed by atoms with Gasteiger partial charge >= 0.3 is 0 Å². The minimum absolute atomic E-state index is 0.128. The first-order chi connectivity index (χ1) is 8.13. The first kappa shape index (κ1) is 13.3. The highest BCUT2D eigenvalue weighted by atomic mass is 16.3. The monoisotopic (exact) mass is 241 g/mol. The van der Waals surface area contributed by atoms with Crippen molar-refractivity contribution < 1.29 is 10.2 Å². The van der Waals surface area contributed by atoms with Crippen LogP contribution in [-0.2, 0) is 0 Å². The molecule has 1 saturated heterocycles. The van der Waals surface area contributed by atoms with Crippen LogP contribution in [0.25, 0.3) is 0 Å². The zero-order valence-electron chi connectivity index (χ0n) is 11.1. The molecule has 1 saturated carbocycles. The molecule has 1 aliphatic carbocycles. The Bertz CT molecular complexity index is 238. The smallest absolute Gasteiger partial charge is 0.0774 e. The van der Waals surface area contributed by atoms with E-state index in [-0.39, 0.29) is 6.10 Å². The summed E-state index contributed by atoms with van der Waals surface area (Å²) in [6, 6.07) is 0. The van der Waals surface area contributed by atoms with E-state index in [0.29, 0.717) is 5.92 Å². The molecule has 0 spiro atoms. The molecular formula is C14H27NO2. The van der Waals surface area contributed by atoms with E-state index >= 15 is 0 Å². The van der Waals surface area contributed by atoms with E-state index in [1.807, 2.05) is 0 Å². The second kappa shape index (κ2) is 5.68. The third kappa shape index (κ3) is 3.43. The summed E-state index contributed by atoms with van der Waals surface area (Å²) >= 11 is 0. The average Bonchev–Trinajstić information content (AvgIpc) is 2.32. The van der Waals surface area contributed by atoms with Crippen LogP contribution in [0.2, 0.25) is 0 Å². The average molecular weight is 241 g/mol. The van der Waals surface area contributed by atoms with Gasteiger partial charge in [0.1, 0.15) is 0 Å². The first-order valence-electron chi connectivity index (χ1n) is 7.26. The van der Waals surface area contributed by atoms with Crippen LogP contribution >= 0.6 is 0 Å². The fraction of sp³-hybridized carbons (Fsp3) is 1.00. The van der Waals surface area contributed by atoms with E-state index in [1.54, 1.807) is 0 Å². The zero-order valence-corrected chi connectivity index (χ0v) is 11.1. The molecule has 17 heavy (non-hydrogen) atoms. The number of aliphatic hydroxyl groups excluding tert-OH is 1. The lowest BCUT2D eigenvalue weighted by Gasteiger charge is -2.41. The van der Waals surface area contributed by atoms with Crippen LogP contribution in [0.15, 0.2) is 0 Å². The van der Waals surface area contributed by atoms with Crippen molar-refractivity contribution >= 4 is 0 Å². The van der Waals surface area contributed by atoms with Crippen LogP contribution < -0.4 is 0 Å². The second-order valence-electron chi connectivity index (χ2n) is 6.04. The van der Waals surface area contributed by atoms with Crippen LogP contribution in [0.1, 0.15) is 51.9 Å². The van der Waals surface area contributed by atoms with E-state index in [4.69, 9.17) is 0 Å². The number of β-amino-alcohol motifs (C(OH)–C–C–N with tert-alkyl or cyclic N) is 1. The van der Waals surface area contributed by atoms with Crippen molar-refractivity contribution in [1.82, 2.24) is 4.90 Å². The summed E-state index contributed by atoms with van der Waals surface area (Å²) in [5.41, 5.74) is -0.446. The van der Waals surface area contributed by atoms with Gasteiger partial charge in [0, 0.05) is 19.6 Å². The lowest BCUT2D eigenvalue weighted by atomic mass is 9.83. The molecular weight excluding hydrogens is 214 g/mol. The maximum absolute atomic E-state index is 10.5. The maximum Gasteiger partial charge on any atom is 0.0774 e. The lowest BCUT2D eigenvalue weighted by molar-refractivity contribution is -0.0517. The fourth-order valence-corrected chi connectivity index (χ4v) is 3.42. The van der Waals surface area contributed by atoms with E-state index in [1.165, 1.54) is 19.3 Å². The molecule has 2 aliphatic rings. The van der Waals surface area contributed by atoms with E-state index in [9.17, 15) is 10.2 Å². The highest BCUT2D eigenvalue weighted by molar-refractivity contribution is 4.88. The Balaban J connectivity index is 1.86. The summed E-state index contributed by atoms with van der Waals surface area (Å²) in [4.78, 5) is 2.37. The number of aliphatic hydroxyl groups is 2. The quantitative estimate of drug-likeness (QED) is 0.791. The summed E-state index contributed by atoms with van der Waals surface area (Å²) in [6.07, 6.45) is 7.32. The standard InChI is InChI=1S/C14H27NO2/c1-2-12-10-15(9-6-13(12)16)11-14(17)7-4-3-5-8-14/h12-13,16-17H,2-11H2,1H3. The van der Waals surface area contributed by atoms with Gasteiger partial charge in [0.2, 0.25) is 0 Å². The number of hydrogen-bond acceptors (Lipinski definition) is 3. The number of rotatable bonds is 3.